The first-order chi connectivity index (χ1) is 42.8. The van der Waals surface area contributed by atoms with Crippen LogP contribution in [0.15, 0.2) is 0 Å². The first-order valence-corrected chi connectivity index (χ1v) is 37.7. The van der Waals surface area contributed by atoms with Gasteiger partial charge in [0.25, 0.3) is 0 Å². The van der Waals surface area contributed by atoms with Crippen LogP contribution in [0.1, 0.15) is 340 Å². The van der Waals surface area contributed by atoms with Crippen molar-refractivity contribution in [3.05, 3.63) is 0 Å². The molecular weight excluding hydrogens is 1250 g/mol. The van der Waals surface area contributed by atoms with Crippen molar-refractivity contribution in [2.75, 3.05) is 13.6 Å². The molecule has 14 fully saturated rings. The quantitative estimate of drug-likeness (QED) is 0.0521. The van der Waals surface area contributed by atoms with E-state index in [1.807, 2.05) is 69.2 Å². The fraction of sp³-hybridized carbons (Fsp3) is 0.943. The van der Waals surface area contributed by atoms with Gasteiger partial charge in [-0.25, -0.2) is 0 Å². The predicted octanol–water partition coefficient (Wildman–Crippen LogP) is 22.8. The summed E-state index contributed by atoms with van der Waals surface area (Å²) in [6, 6.07) is 0. The minimum Gasteiger partial charge on any atom is -0.462 e. The molecule has 14 aliphatic rings. The maximum atomic E-state index is 13.7. The number of hydrogen-bond acceptors (Lipinski definition) is 13. The van der Waals surface area contributed by atoms with Crippen molar-refractivity contribution in [2.24, 2.45) is 138 Å². The maximum absolute atomic E-state index is 13.7. The Morgan fingerprint density at radius 2 is 0.890 bits per heavy atom. The summed E-state index contributed by atoms with van der Waals surface area (Å²) in [6.07, 6.45) is 25.1. The van der Waals surface area contributed by atoms with Crippen LogP contribution < -0.4 is 0 Å². The highest BCUT2D eigenvalue weighted by atomic mass is 16.7. The SMILES string of the molecule is C.C.C.C.C.C.C.C.CC(C)C(=O)OCOC1C2(C)CCC(C2)C1(C)C.CCC(C)(C)C(=O)OC1CC2CC1C1C3CC(CC3C(=O)OC3(C)C4CC5CC(C4)CC3C5)C21.CCC(C)(C)C(=O)OCOC1C2(C)CCC(C2)C1(C)C.CCC(C)C(=O)OC(C)OC1C2(C)CCC(C2)C1(C)C. The van der Waals surface area contributed by atoms with Gasteiger partial charge in [0.15, 0.2) is 19.9 Å². The highest BCUT2D eigenvalue weighted by Gasteiger charge is 2.69. The van der Waals surface area contributed by atoms with E-state index in [2.05, 4.69) is 76.2 Å². The molecule has 19 atom stereocenters. The molecule has 0 amide bonds. The Balaban J connectivity index is 0.000000459. The van der Waals surface area contributed by atoms with E-state index >= 15 is 0 Å². The number of rotatable bonds is 19. The maximum Gasteiger partial charge on any atom is 0.313 e. The standard InChI is InChI=1S/C30H44O4.2C17H30O3.C15H26O3.8CH4/c1-5-29(2,3)28(32)33-24-14-18-13-23(24)26-21-11-17(25(18)26)12-22(21)27(31)34-30(4)19-7-15-6-16(9-19)10-20(30)8-15;1-7-15(2,3)14(18)20-11-19-13-16(4,5)12-8-9-17(13,6)10-12;1-7-11(2)14(18)19-12(3)20-15-16(4,5)13-8-9-17(15,6)10-13;1-10(2)12(16)17-9-18-13-14(3,4)11-6-7-15(13,5)8-11;;;;;;;;/h15-26H,5-14H2,1-4H3;12-13H,7-11H2,1-6H3;11-13,15H,7-10H2,1-6H3;10-11,13H,6-9H2,1-5H3;8*1H4. The minimum atomic E-state index is -0.447. The molecule has 14 aliphatic carbocycles. The lowest BCUT2D eigenvalue weighted by atomic mass is 9.50. The number of fused-ring (bicyclic) bond motifs is 15. The zero-order valence-electron chi connectivity index (χ0n) is 61.7. The zero-order valence-corrected chi connectivity index (χ0v) is 61.7. The van der Waals surface area contributed by atoms with Crippen LogP contribution in [-0.4, -0.2) is 79.7 Å². The summed E-state index contributed by atoms with van der Waals surface area (Å²) in [6.45, 7) is 44.6. The molecule has 0 aromatic carbocycles. The van der Waals surface area contributed by atoms with Gasteiger partial charge in [0.1, 0.15) is 11.7 Å². The van der Waals surface area contributed by atoms with E-state index in [-0.39, 0.29) is 183 Å². The number of hydrogen-bond donors (Lipinski definition) is 0. The van der Waals surface area contributed by atoms with Crippen LogP contribution in [0.25, 0.3) is 0 Å². The van der Waals surface area contributed by atoms with Crippen molar-refractivity contribution in [1.82, 2.24) is 0 Å². The van der Waals surface area contributed by atoms with E-state index in [4.69, 9.17) is 37.9 Å². The van der Waals surface area contributed by atoms with Gasteiger partial charge in [0, 0.05) is 0 Å². The molecule has 100 heavy (non-hydrogen) atoms. The second-order valence-corrected chi connectivity index (χ2v) is 37.8. The zero-order chi connectivity index (χ0) is 67.4. The third-order valence-electron chi connectivity index (χ3n) is 29.6. The second kappa shape index (κ2) is 34.0. The summed E-state index contributed by atoms with van der Waals surface area (Å²) in [5.74, 6) is 8.44. The van der Waals surface area contributed by atoms with Gasteiger partial charge in [-0.2, -0.15) is 0 Å². The molecule has 14 rings (SSSR count). The van der Waals surface area contributed by atoms with Crippen LogP contribution in [0.5, 0.6) is 0 Å². The Hall–Kier alpha value is -2.77. The number of ether oxygens (including phenoxy) is 8. The molecule has 588 valence electrons. The molecule has 0 aliphatic heterocycles. The minimum absolute atomic E-state index is 0. The lowest BCUT2D eigenvalue weighted by Gasteiger charge is -2.59. The summed E-state index contributed by atoms with van der Waals surface area (Å²) in [5.41, 5.74) is 0.337. The summed E-state index contributed by atoms with van der Waals surface area (Å²) in [7, 11) is 0. The van der Waals surface area contributed by atoms with Gasteiger partial charge in [0.05, 0.1) is 46.9 Å². The molecular formula is C87H162O13. The summed E-state index contributed by atoms with van der Waals surface area (Å²) in [4.78, 5) is 61.8. The molecule has 0 aromatic rings. The first-order valence-electron chi connectivity index (χ1n) is 37.7. The normalized spacial score (nSPS) is 39.6. The van der Waals surface area contributed by atoms with E-state index in [0.717, 1.165) is 67.6 Å². The van der Waals surface area contributed by atoms with Crippen molar-refractivity contribution in [1.29, 1.82) is 0 Å². The Morgan fingerprint density at radius 3 is 1.31 bits per heavy atom. The average Bonchev–Trinajstić information content (AvgIpc) is 1.48. The van der Waals surface area contributed by atoms with Gasteiger partial charge >= 0.3 is 29.8 Å². The molecule has 14 saturated carbocycles. The molecule has 0 saturated heterocycles. The molecule has 13 heteroatoms. The molecule has 13 nitrogen and oxygen atoms in total. The fourth-order valence-electron chi connectivity index (χ4n) is 23.4. The summed E-state index contributed by atoms with van der Waals surface area (Å²) in [5, 5.41) is 0. The molecule has 0 heterocycles. The lowest BCUT2D eigenvalue weighted by molar-refractivity contribution is -0.215. The van der Waals surface area contributed by atoms with Gasteiger partial charge in [-0.15, -0.1) is 0 Å². The molecule has 14 bridgehead atoms. The Morgan fingerprint density at radius 1 is 0.470 bits per heavy atom. The molecule has 0 N–H and O–H groups in total. The van der Waals surface area contributed by atoms with Gasteiger partial charge in [-0.1, -0.05) is 163 Å². The van der Waals surface area contributed by atoms with Crippen molar-refractivity contribution in [3.63, 3.8) is 0 Å². The molecule has 0 radical (unpaired) electrons. The van der Waals surface area contributed by atoms with Crippen LogP contribution in [-0.2, 0) is 61.9 Å². The highest BCUT2D eigenvalue weighted by molar-refractivity contribution is 5.77. The fourth-order valence-corrected chi connectivity index (χ4v) is 23.4. The third kappa shape index (κ3) is 17.3. The van der Waals surface area contributed by atoms with E-state index in [9.17, 15) is 24.0 Å². The van der Waals surface area contributed by atoms with Crippen molar-refractivity contribution in [2.45, 2.75) is 376 Å². The lowest BCUT2D eigenvalue weighted by Crippen LogP contribution is -2.58. The highest BCUT2D eigenvalue weighted by Crippen LogP contribution is 2.71. The van der Waals surface area contributed by atoms with Crippen molar-refractivity contribution >= 4 is 29.8 Å². The topological polar surface area (TPSA) is 159 Å². The number of esters is 5. The van der Waals surface area contributed by atoms with E-state index in [1.54, 1.807) is 0 Å². The van der Waals surface area contributed by atoms with Crippen LogP contribution >= 0.6 is 0 Å². The van der Waals surface area contributed by atoms with Crippen LogP contribution in [0.3, 0.4) is 0 Å². The van der Waals surface area contributed by atoms with Crippen molar-refractivity contribution < 1.29 is 61.9 Å². The Labute approximate surface area is 616 Å². The number of carbonyl (C=O) groups is 5. The van der Waals surface area contributed by atoms with Gasteiger partial charge in [-0.3, -0.25) is 24.0 Å². The Bertz CT molecular complexity index is 2630. The van der Waals surface area contributed by atoms with Crippen molar-refractivity contribution in [3.8, 4) is 0 Å². The second-order valence-electron chi connectivity index (χ2n) is 37.8. The molecule has 0 spiro atoms. The Kier molecular flexibility index (Phi) is 31.7. The van der Waals surface area contributed by atoms with E-state index in [1.165, 1.54) is 103 Å². The predicted molar refractivity (Wildman–Crippen MR) is 410 cm³/mol. The van der Waals surface area contributed by atoms with Crippen LogP contribution in [0.4, 0.5) is 0 Å². The van der Waals surface area contributed by atoms with Crippen LogP contribution in [0.2, 0.25) is 0 Å². The van der Waals surface area contributed by atoms with E-state index in [0.29, 0.717) is 41.4 Å². The molecule has 0 aromatic heterocycles. The van der Waals surface area contributed by atoms with Gasteiger partial charge in [0.2, 0.25) is 0 Å². The molecule has 19 unspecified atom stereocenters. The van der Waals surface area contributed by atoms with Crippen LogP contribution in [0, 0.1) is 138 Å². The first kappa shape index (κ1) is 93.3. The largest absolute Gasteiger partial charge is 0.462 e. The summed E-state index contributed by atoms with van der Waals surface area (Å²) >= 11 is 0. The average molecular weight is 1420 g/mol. The van der Waals surface area contributed by atoms with E-state index < -0.39 is 17.1 Å². The van der Waals surface area contributed by atoms with Gasteiger partial charge in [-0.05, 0) is 286 Å². The third-order valence-corrected chi connectivity index (χ3v) is 29.6. The summed E-state index contributed by atoms with van der Waals surface area (Å²) < 4.78 is 46.9. The number of carbonyl (C=O) groups excluding carboxylic acids is 5. The van der Waals surface area contributed by atoms with Gasteiger partial charge < -0.3 is 37.9 Å². The smallest absolute Gasteiger partial charge is 0.313 e. The monoisotopic (exact) mass is 1420 g/mol.